The van der Waals surface area contributed by atoms with E-state index >= 15 is 0 Å². The standard InChI is InChI=1S/C38H25NS/c1-2-10-27(11-3-1)34-24-30-13-6-7-14-32(30)36-33-15-8-16-35(37(33)40-38(34)36)39-31-21-19-26(20-22-31)29-18-17-25-9-4-5-12-28(25)23-29/h1-24,39H. The van der Waals surface area contributed by atoms with Crippen molar-refractivity contribution in [1.82, 2.24) is 0 Å². The van der Waals surface area contributed by atoms with E-state index < -0.39 is 0 Å². The molecule has 0 radical (unpaired) electrons. The minimum atomic E-state index is 1.09. The summed E-state index contributed by atoms with van der Waals surface area (Å²) in [6.45, 7) is 0. The molecule has 0 bridgehead atoms. The van der Waals surface area contributed by atoms with Crippen molar-refractivity contribution in [2.24, 2.45) is 0 Å². The number of fused-ring (bicyclic) bond motifs is 6. The van der Waals surface area contributed by atoms with E-state index in [9.17, 15) is 0 Å². The number of benzene rings is 7. The van der Waals surface area contributed by atoms with Crippen LogP contribution in [-0.2, 0) is 0 Å². The normalized spacial score (nSPS) is 11.5. The highest BCUT2D eigenvalue weighted by atomic mass is 32.1. The molecule has 2 heteroatoms. The first-order valence-corrected chi connectivity index (χ1v) is 14.4. The molecule has 0 aliphatic rings. The number of anilines is 2. The lowest BCUT2D eigenvalue weighted by molar-refractivity contribution is 1.57. The molecule has 188 valence electrons. The van der Waals surface area contributed by atoms with Gasteiger partial charge in [-0.25, -0.2) is 0 Å². The third kappa shape index (κ3) is 3.85. The summed E-state index contributed by atoms with van der Waals surface area (Å²) < 4.78 is 2.62. The molecule has 40 heavy (non-hydrogen) atoms. The molecule has 1 aromatic heterocycles. The van der Waals surface area contributed by atoms with Crippen LogP contribution >= 0.6 is 11.3 Å². The lowest BCUT2D eigenvalue weighted by atomic mass is 9.96. The fourth-order valence-corrected chi connectivity index (χ4v) is 7.17. The zero-order valence-electron chi connectivity index (χ0n) is 21.8. The molecule has 0 amide bonds. The zero-order valence-corrected chi connectivity index (χ0v) is 22.6. The summed E-state index contributed by atoms with van der Waals surface area (Å²) in [6.07, 6.45) is 0. The minimum absolute atomic E-state index is 1.09. The van der Waals surface area contributed by atoms with Gasteiger partial charge in [0.2, 0.25) is 0 Å². The maximum absolute atomic E-state index is 3.73. The molecule has 8 aromatic rings. The zero-order chi connectivity index (χ0) is 26.5. The van der Waals surface area contributed by atoms with Gasteiger partial charge in [-0.1, -0.05) is 115 Å². The average molecular weight is 528 g/mol. The van der Waals surface area contributed by atoms with Gasteiger partial charge in [0.15, 0.2) is 0 Å². The number of hydrogen-bond donors (Lipinski definition) is 1. The molecule has 0 aliphatic heterocycles. The Morgan fingerprint density at radius 2 is 1.12 bits per heavy atom. The molecule has 8 rings (SSSR count). The first-order chi connectivity index (χ1) is 19.8. The van der Waals surface area contributed by atoms with Crippen LogP contribution in [0.5, 0.6) is 0 Å². The first-order valence-electron chi connectivity index (χ1n) is 13.6. The molecule has 1 nitrogen and oxygen atoms in total. The molecule has 7 aromatic carbocycles. The Morgan fingerprint density at radius 1 is 0.425 bits per heavy atom. The molecule has 0 spiro atoms. The number of rotatable bonds is 4. The molecular formula is C38H25NS. The van der Waals surface area contributed by atoms with Gasteiger partial charge in [-0.15, -0.1) is 11.3 Å². The van der Waals surface area contributed by atoms with E-state index in [1.54, 1.807) is 0 Å². The van der Waals surface area contributed by atoms with Gasteiger partial charge >= 0.3 is 0 Å². The van der Waals surface area contributed by atoms with Crippen LogP contribution < -0.4 is 5.32 Å². The molecule has 1 heterocycles. The van der Waals surface area contributed by atoms with Gasteiger partial charge in [-0.3, -0.25) is 0 Å². The smallest absolute Gasteiger partial charge is 0.0590 e. The van der Waals surface area contributed by atoms with Crippen molar-refractivity contribution in [2.75, 3.05) is 5.32 Å². The van der Waals surface area contributed by atoms with E-state index in [1.165, 1.54) is 64.0 Å². The molecule has 0 fully saturated rings. The topological polar surface area (TPSA) is 12.0 Å². The molecule has 0 atom stereocenters. The Hall–Kier alpha value is -4.92. The van der Waals surface area contributed by atoms with Gasteiger partial charge in [-0.2, -0.15) is 0 Å². The van der Waals surface area contributed by atoms with Gasteiger partial charge in [0.1, 0.15) is 0 Å². The predicted molar refractivity (Wildman–Crippen MR) is 175 cm³/mol. The van der Waals surface area contributed by atoms with Gasteiger partial charge in [-0.05, 0) is 68.6 Å². The Labute approximate surface area is 237 Å². The predicted octanol–water partition coefficient (Wildman–Crippen LogP) is 11.4. The van der Waals surface area contributed by atoms with Gasteiger partial charge in [0.05, 0.1) is 10.4 Å². The van der Waals surface area contributed by atoms with Crippen LogP contribution in [0.2, 0.25) is 0 Å². The highest BCUT2D eigenvalue weighted by molar-refractivity contribution is 7.27. The average Bonchev–Trinajstić information content (AvgIpc) is 3.42. The van der Waals surface area contributed by atoms with E-state index in [4.69, 9.17) is 0 Å². The molecule has 0 unspecified atom stereocenters. The van der Waals surface area contributed by atoms with Crippen molar-refractivity contribution in [3.05, 3.63) is 146 Å². The Balaban J connectivity index is 1.23. The fraction of sp³-hybridized carbons (Fsp3) is 0. The van der Waals surface area contributed by atoms with Crippen molar-refractivity contribution in [3.63, 3.8) is 0 Å². The molecule has 0 saturated heterocycles. The Bertz CT molecular complexity index is 2170. The van der Waals surface area contributed by atoms with E-state index in [0.29, 0.717) is 0 Å². The van der Waals surface area contributed by atoms with Crippen LogP contribution in [0.15, 0.2) is 146 Å². The van der Waals surface area contributed by atoms with Crippen molar-refractivity contribution < 1.29 is 0 Å². The lowest BCUT2D eigenvalue weighted by Gasteiger charge is -2.10. The third-order valence-electron chi connectivity index (χ3n) is 7.82. The van der Waals surface area contributed by atoms with Crippen LogP contribution in [-0.4, -0.2) is 0 Å². The number of thiophene rings is 1. The van der Waals surface area contributed by atoms with Gasteiger partial charge in [0.25, 0.3) is 0 Å². The molecule has 0 saturated carbocycles. The quantitative estimate of drug-likeness (QED) is 0.240. The van der Waals surface area contributed by atoms with Crippen molar-refractivity contribution in [3.8, 4) is 22.3 Å². The summed E-state index contributed by atoms with van der Waals surface area (Å²) in [4.78, 5) is 0. The van der Waals surface area contributed by atoms with E-state index in [1.807, 2.05) is 11.3 Å². The second kappa shape index (κ2) is 9.37. The van der Waals surface area contributed by atoms with Crippen LogP contribution in [0.4, 0.5) is 11.4 Å². The van der Waals surface area contributed by atoms with E-state index in [-0.39, 0.29) is 0 Å². The summed E-state index contributed by atoms with van der Waals surface area (Å²) in [5.41, 5.74) is 7.22. The maximum Gasteiger partial charge on any atom is 0.0590 e. The number of nitrogens with one attached hydrogen (secondary N) is 1. The summed E-state index contributed by atoms with van der Waals surface area (Å²) >= 11 is 1.88. The second-order valence-corrected chi connectivity index (χ2v) is 11.3. The lowest BCUT2D eigenvalue weighted by Crippen LogP contribution is -1.90. The fourth-order valence-electron chi connectivity index (χ4n) is 5.85. The van der Waals surface area contributed by atoms with Crippen LogP contribution in [0.1, 0.15) is 0 Å². The van der Waals surface area contributed by atoms with E-state index in [0.717, 1.165) is 11.4 Å². The van der Waals surface area contributed by atoms with Crippen molar-refractivity contribution in [2.45, 2.75) is 0 Å². The SMILES string of the molecule is c1ccc(-c2cc3ccccc3c3c2sc2c(Nc4ccc(-c5ccc6ccccc6c5)cc4)cccc23)cc1. The summed E-state index contributed by atoms with van der Waals surface area (Å²) in [5, 5.41) is 11.5. The van der Waals surface area contributed by atoms with Gasteiger partial charge in [0, 0.05) is 26.7 Å². The highest BCUT2D eigenvalue weighted by Crippen LogP contribution is 2.46. The number of hydrogen-bond acceptors (Lipinski definition) is 2. The van der Waals surface area contributed by atoms with Crippen molar-refractivity contribution in [1.29, 1.82) is 0 Å². The molecule has 0 aliphatic carbocycles. The summed E-state index contributed by atoms with van der Waals surface area (Å²) in [6, 6.07) is 52.5. The summed E-state index contributed by atoms with van der Waals surface area (Å²) in [7, 11) is 0. The Kier molecular flexibility index (Phi) is 5.39. The largest absolute Gasteiger partial charge is 0.354 e. The summed E-state index contributed by atoms with van der Waals surface area (Å²) in [5.74, 6) is 0. The second-order valence-electron chi connectivity index (χ2n) is 10.3. The monoisotopic (exact) mass is 527 g/mol. The van der Waals surface area contributed by atoms with Crippen LogP contribution in [0, 0.1) is 0 Å². The first kappa shape index (κ1) is 23.0. The molecule has 1 N–H and O–H groups in total. The maximum atomic E-state index is 3.73. The minimum Gasteiger partial charge on any atom is -0.354 e. The van der Waals surface area contributed by atoms with Crippen LogP contribution in [0.25, 0.3) is 64.0 Å². The third-order valence-corrected chi connectivity index (χ3v) is 9.09. The van der Waals surface area contributed by atoms with E-state index in [2.05, 4.69) is 151 Å². The molecular weight excluding hydrogens is 502 g/mol. The van der Waals surface area contributed by atoms with Crippen molar-refractivity contribution >= 4 is 64.4 Å². The van der Waals surface area contributed by atoms with Gasteiger partial charge < -0.3 is 5.32 Å². The Morgan fingerprint density at radius 3 is 1.98 bits per heavy atom. The van der Waals surface area contributed by atoms with Crippen LogP contribution in [0.3, 0.4) is 0 Å². The highest BCUT2D eigenvalue weighted by Gasteiger charge is 2.16.